The van der Waals surface area contributed by atoms with Crippen LogP contribution in [0.25, 0.3) is 88.2 Å². The van der Waals surface area contributed by atoms with Crippen molar-refractivity contribution >= 4 is 54.6 Å². The van der Waals surface area contributed by atoms with Gasteiger partial charge in [-0.15, -0.1) is 93.7 Å². The number of aryl methyl sites for hydroxylation is 12. The molecule has 0 N–H and O–H groups in total. The summed E-state index contributed by atoms with van der Waals surface area (Å²) in [5.41, 5.74) is 9.64. The van der Waals surface area contributed by atoms with E-state index in [1.165, 1.54) is 33.6 Å². The van der Waals surface area contributed by atoms with E-state index in [4.69, 9.17) is 29.7 Å². The van der Waals surface area contributed by atoms with Crippen molar-refractivity contribution in [2.45, 2.75) is 79.6 Å². The van der Waals surface area contributed by atoms with Crippen LogP contribution >= 0.6 is 0 Å². The zero-order valence-electron chi connectivity index (χ0n) is 59.2. The number of benzene rings is 6. The largest absolute Gasteiger partial charge is 3.00 e. The molecule has 77 heavy (non-hydrogen) atoms. The minimum Gasteiger partial charge on any atom is -0.305 e. The molecule has 0 amide bonds. The van der Waals surface area contributed by atoms with Crippen LogP contribution in [-0.4, -0.2) is 34.2 Å². The van der Waals surface area contributed by atoms with Crippen LogP contribution in [-0.2, 0) is 58.6 Å². The Kier molecular flexibility index (Phi) is 8.78. The van der Waals surface area contributed by atoms with Gasteiger partial charge >= 0.3 is 20.1 Å². The Hall–Kier alpha value is -8.16. The van der Waals surface area contributed by atoms with Crippen molar-refractivity contribution in [2.24, 2.45) is 0 Å². The fraction of sp³-hybridized carbons (Fsp3) is 0.174. The maximum Gasteiger partial charge on any atom is 3.00 e. The molecule has 0 radical (unpaired) electrons. The van der Waals surface area contributed by atoms with Gasteiger partial charge in [-0.25, -0.2) is 9.03 Å². The summed E-state index contributed by atoms with van der Waals surface area (Å²) in [6.07, 6.45) is 7.32. The number of fused-ring (bicyclic) bond motifs is 12. The van der Waals surface area contributed by atoms with Crippen molar-refractivity contribution < 1.29 is 44.8 Å². The Balaban J connectivity index is 0.00000864. The summed E-state index contributed by atoms with van der Waals surface area (Å²) >= 11 is 0. The number of hydrogen-bond donors (Lipinski definition) is 0. The van der Waals surface area contributed by atoms with E-state index in [0.717, 1.165) is 66.9 Å². The topological polar surface area (TPSA) is 73.3 Å². The molecule has 6 aromatic carbocycles. The van der Waals surface area contributed by atoms with Crippen LogP contribution in [0, 0.1) is 59.3 Å². The van der Waals surface area contributed by atoms with Crippen LogP contribution in [0.2, 0.25) is 0 Å². The van der Waals surface area contributed by atoms with Crippen molar-refractivity contribution in [3.8, 4) is 33.5 Å². The van der Waals surface area contributed by atoms with Crippen LogP contribution < -0.4 is 0 Å². The van der Waals surface area contributed by atoms with E-state index < -0.39 is 63.6 Å². The smallest absolute Gasteiger partial charge is 0.305 e. The summed E-state index contributed by atoms with van der Waals surface area (Å²) in [5.74, 6) is 0. The molecule has 0 bridgehead atoms. The molecule has 0 spiro atoms. The number of aromatic nitrogens is 7. The normalized spacial score (nSPS) is 16.2. The van der Waals surface area contributed by atoms with Crippen molar-refractivity contribution in [1.82, 2.24) is 34.2 Å². The number of nitrogens with zero attached hydrogens (tertiary/aromatic N) is 7. The molecule has 376 valence electrons. The van der Waals surface area contributed by atoms with E-state index in [1.54, 1.807) is 30.5 Å². The first-order valence-corrected chi connectivity index (χ1v) is 25.0. The van der Waals surface area contributed by atoms with E-state index in [1.807, 2.05) is 36.4 Å². The number of rotatable bonds is 12. The van der Waals surface area contributed by atoms with Gasteiger partial charge in [-0.05, 0) is 145 Å². The average Bonchev–Trinajstić information content (AvgIpc) is 1.58. The summed E-state index contributed by atoms with van der Waals surface area (Å²) in [6.45, 7) is -17.0. The van der Waals surface area contributed by atoms with E-state index in [2.05, 4.69) is 105 Å². The predicted octanol–water partition coefficient (Wildman–Crippen LogP) is 15.4. The fourth-order valence-corrected chi connectivity index (χ4v) is 10.6. The summed E-state index contributed by atoms with van der Waals surface area (Å²) in [4.78, 5) is 13.7. The molecule has 7 heterocycles. The molecule has 0 aliphatic carbocycles. The molecule has 0 unspecified atom stereocenters. The molecule has 7 aromatic heterocycles. The van der Waals surface area contributed by atoms with Crippen LogP contribution in [0.5, 0.6) is 0 Å². The van der Waals surface area contributed by atoms with Gasteiger partial charge in [0.05, 0.1) is 11.4 Å². The van der Waals surface area contributed by atoms with Gasteiger partial charge in [0.15, 0.2) is 0 Å². The summed E-state index contributed by atoms with van der Waals surface area (Å²) in [6, 6.07) is 55.0. The van der Waals surface area contributed by atoms with E-state index in [0.29, 0.717) is 60.1 Å². The second kappa shape index (κ2) is 20.4. The predicted molar refractivity (Wildman–Crippen MR) is 310 cm³/mol. The molecule has 0 saturated heterocycles. The zero-order valence-corrected chi connectivity index (χ0v) is 43.6. The summed E-state index contributed by atoms with van der Waals surface area (Å²) in [7, 11) is 0. The third kappa shape index (κ3) is 9.40. The van der Waals surface area contributed by atoms with Gasteiger partial charge < -0.3 is 15.0 Å². The number of pyridine rings is 5. The van der Waals surface area contributed by atoms with Crippen molar-refractivity contribution in [2.75, 3.05) is 0 Å². The molecular weight excluding hydrogens is 1120 g/mol. The molecule has 0 atom stereocenters. The molecule has 0 aliphatic heterocycles. The van der Waals surface area contributed by atoms with Gasteiger partial charge in [0.1, 0.15) is 0 Å². The minimum absolute atomic E-state index is 0. The van der Waals surface area contributed by atoms with Gasteiger partial charge in [-0.1, -0.05) is 109 Å². The first-order valence-electron chi connectivity index (χ1n) is 34.0. The molecule has 0 fully saturated rings. The molecular formula is C69H56IrN7. The van der Waals surface area contributed by atoms with Crippen LogP contribution in [0.3, 0.4) is 0 Å². The quantitative estimate of drug-likeness (QED) is 0.0900. The molecule has 0 saturated carbocycles. The molecule has 0 aliphatic rings. The first kappa shape index (κ1) is 33.1. The monoisotopic (exact) mass is 1190 g/mol. The Morgan fingerprint density at radius 1 is 0.442 bits per heavy atom. The second-order valence-corrected chi connectivity index (χ2v) is 19.4. The van der Waals surface area contributed by atoms with Gasteiger partial charge in [-0.2, -0.15) is 10.2 Å². The van der Waals surface area contributed by atoms with Crippen molar-refractivity contribution in [3.05, 3.63) is 243 Å². The van der Waals surface area contributed by atoms with Crippen LogP contribution in [0.4, 0.5) is 0 Å². The summed E-state index contributed by atoms with van der Waals surface area (Å²) in [5, 5.41) is 10.1. The second-order valence-electron chi connectivity index (χ2n) is 19.4. The third-order valence-corrected chi connectivity index (χ3v) is 14.4. The molecule has 13 aromatic rings. The molecule has 8 heteroatoms. The Morgan fingerprint density at radius 2 is 0.948 bits per heavy atom. The van der Waals surface area contributed by atoms with Gasteiger partial charge in [0.2, 0.25) is 0 Å². The van der Waals surface area contributed by atoms with Crippen molar-refractivity contribution in [1.29, 1.82) is 0 Å². The maximum absolute atomic E-state index is 8.61. The van der Waals surface area contributed by atoms with Gasteiger partial charge in [0.25, 0.3) is 0 Å². The minimum atomic E-state index is -2.95. The van der Waals surface area contributed by atoms with Gasteiger partial charge in [0, 0.05) is 76.4 Å². The van der Waals surface area contributed by atoms with Gasteiger partial charge in [-0.3, -0.25) is 0 Å². The number of hydrogen-bond acceptors (Lipinski definition) is 5. The van der Waals surface area contributed by atoms with Crippen LogP contribution in [0.15, 0.2) is 158 Å². The standard InChI is InChI=1S/C69H56N7.Ir/c1-42-32-64-66(71-40-42)59-28-20-49(37-61(59)68-44(3)46(5)73-75(64)68)13-16-52-34-51(15-12-48-18-22-57(23-19-48)63-39-58(30-31-70-63)56-26-24-55(25-27-56)54-10-8-7-9-11-54)35-53(36-52)17-14-50-21-29-60-62(38-50)69-45(4)47(6)74-76(69)65-33-43(2)41-72-67(60)65;/h7-11,18-22,24-27,30-41H,12-17H2,1-6H3;/q-3;+3/i1D3,2D3,3D3,4D3,5D3,6D3;. The van der Waals surface area contributed by atoms with E-state index in [9.17, 15) is 0 Å². The van der Waals surface area contributed by atoms with Crippen molar-refractivity contribution in [3.63, 3.8) is 0 Å². The third-order valence-electron chi connectivity index (χ3n) is 14.4. The Morgan fingerprint density at radius 3 is 1.45 bits per heavy atom. The molecule has 7 nitrogen and oxygen atoms in total. The SMILES string of the molecule is [2H]C([2H])([2H])c1cnc2c3[c-]cc(CCc4cc(CCc5c[c-]c(-c6cc(-c7ccc(-c8ccccc8)cc7)ccn6)cc5)cc(CCc5c[c-]c6c(c5)c5c(C([2H])([2H])[2H])c(C([2H])([2H])[2H])nn5c5cc(C([2H])([2H])[2H])cnc65)c4)cc3c3c(C([2H])([2H])[2H])c(C([2H])([2H])[2H])nn3c2c1.[Ir+3]. The summed E-state index contributed by atoms with van der Waals surface area (Å²) < 4.78 is 153. The first-order chi connectivity index (χ1) is 44.3. The van der Waals surface area contributed by atoms with Crippen LogP contribution in [0.1, 0.15) is 91.7 Å². The maximum atomic E-state index is 8.61. The van der Waals surface area contributed by atoms with E-state index in [-0.39, 0.29) is 64.3 Å². The van der Waals surface area contributed by atoms with E-state index >= 15 is 0 Å². The molecule has 13 rings (SSSR count). The Labute approximate surface area is 488 Å². The average molecular weight is 1190 g/mol. The Bertz CT molecular complexity index is 4880. The fourth-order valence-electron chi connectivity index (χ4n) is 10.6. The zero-order chi connectivity index (χ0) is 66.6.